The van der Waals surface area contributed by atoms with E-state index in [-0.39, 0.29) is 5.91 Å². The molecule has 0 saturated heterocycles. The van der Waals surface area contributed by atoms with Crippen LogP contribution in [0.3, 0.4) is 0 Å². The molecular formula is C24H22IN5O2. The average molecular weight is 539 g/mol. The fraction of sp³-hybridized carbons (Fsp3) is 0.167. The van der Waals surface area contributed by atoms with Crippen molar-refractivity contribution in [3.05, 3.63) is 86.5 Å². The Labute approximate surface area is 200 Å². The van der Waals surface area contributed by atoms with Crippen LogP contribution in [-0.2, 0) is 0 Å². The van der Waals surface area contributed by atoms with Crippen molar-refractivity contribution in [1.82, 2.24) is 19.7 Å². The molecule has 0 saturated carbocycles. The summed E-state index contributed by atoms with van der Waals surface area (Å²) in [5.74, 6) is 2.11. The number of carbonyl (C=O) groups excluding carboxylic acids is 1. The van der Waals surface area contributed by atoms with E-state index < -0.39 is 0 Å². The van der Waals surface area contributed by atoms with Crippen molar-refractivity contribution in [1.29, 1.82) is 0 Å². The third-order valence-corrected chi connectivity index (χ3v) is 5.83. The van der Waals surface area contributed by atoms with E-state index in [2.05, 4.69) is 43.0 Å². The van der Waals surface area contributed by atoms with Crippen LogP contribution in [0.25, 0.3) is 5.82 Å². The van der Waals surface area contributed by atoms with Crippen LogP contribution in [0.15, 0.2) is 54.6 Å². The van der Waals surface area contributed by atoms with E-state index in [1.165, 1.54) is 0 Å². The van der Waals surface area contributed by atoms with Gasteiger partial charge in [0.25, 0.3) is 5.91 Å². The number of nitrogens with one attached hydrogen (secondary N) is 1. The van der Waals surface area contributed by atoms with Crippen LogP contribution in [-0.4, -0.2) is 25.7 Å². The van der Waals surface area contributed by atoms with Gasteiger partial charge in [-0.2, -0.15) is 10.1 Å². The van der Waals surface area contributed by atoms with Gasteiger partial charge in [-0.3, -0.25) is 4.79 Å². The number of carbonyl (C=O) groups is 1. The van der Waals surface area contributed by atoms with Crippen molar-refractivity contribution < 1.29 is 9.53 Å². The highest BCUT2D eigenvalue weighted by Crippen LogP contribution is 2.24. The lowest BCUT2D eigenvalue weighted by molar-refractivity contribution is 0.102. The predicted molar refractivity (Wildman–Crippen MR) is 132 cm³/mol. The van der Waals surface area contributed by atoms with Gasteiger partial charge in [-0.1, -0.05) is 0 Å². The van der Waals surface area contributed by atoms with Crippen molar-refractivity contribution in [2.45, 2.75) is 27.7 Å². The molecular weight excluding hydrogens is 517 g/mol. The standard InChI is InChI=1S/C24H22IN5O2/c1-14-15(2)29-30(16(14)3)22-13-23(27-17(4)26-22)32-21-11-9-20(10-12-21)28-24(31)18-5-7-19(25)8-6-18/h5-13H,1-4H3,(H,28,31). The van der Waals surface area contributed by atoms with E-state index in [9.17, 15) is 4.79 Å². The van der Waals surface area contributed by atoms with Crippen LogP contribution in [0, 0.1) is 31.3 Å². The highest BCUT2D eigenvalue weighted by atomic mass is 127. The van der Waals surface area contributed by atoms with E-state index in [4.69, 9.17) is 4.74 Å². The molecule has 0 spiro atoms. The lowest BCUT2D eigenvalue weighted by atomic mass is 10.2. The second-order valence-electron chi connectivity index (χ2n) is 7.41. The molecule has 32 heavy (non-hydrogen) atoms. The first-order chi connectivity index (χ1) is 15.3. The summed E-state index contributed by atoms with van der Waals surface area (Å²) in [5.41, 5.74) is 4.41. The molecule has 2 aromatic carbocycles. The highest BCUT2D eigenvalue weighted by Gasteiger charge is 2.13. The Hall–Kier alpha value is -3.27. The Bertz CT molecular complexity index is 1280. The van der Waals surface area contributed by atoms with Crippen molar-refractivity contribution >= 4 is 34.2 Å². The summed E-state index contributed by atoms with van der Waals surface area (Å²) in [7, 11) is 0. The van der Waals surface area contributed by atoms with Crippen LogP contribution in [0.5, 0.6) is 11.6 Å². The molecule has 1 amide bonds. The number of ether oxygens (including phenoxy) is 1. The largest absolute Gasteiger partial charge is 0.439 e. The van der Waals surface area contributed by atoms with E-state index in [0.717, 1.165) is 20.5 Å². The topological polar surface area (TPSA) is 81.9 Å². The Morgan fingerprint density at radius 2 is 1.66 bits per heavy atom. The number of benzene rings is 2. The molecule has 2 aromatic heterocycles. The van der Waals surface area contributed by atoms with Gasteiger partial charge in [0.15, 0.2) is 5.82 Å². The molecule has 0 radical (unpaired) electrons. The van der Waals surface area contributed by atoms with E-state index in [0.29, 0.717) is 34.5 Å². The van der Waals surface area contributed by atoms with Crippen LogP contribution >= 0.6 is 22.6 Å². The van der Waals surface area contributed by atoms with E-state index >= 15 is 0 Å². The van der Waals surface area contributed by atoms with Gasteiger partial charge in [-0.25, -0.2) is 9.67 Å². The minimum atomic E-state index is -0.161. The second kappa shape index (κ2) is 9.07. The van der Waals surface area contributed by atoms with Gasteiger partial charge in [0.2, 0.25) is 5.88 Å². The van der Waals surface area contributed by atoms with Crippen molar-refractivity contribution in [2.75, 3.05) is 5.32 Å². The Morgan fingerprint density at radius 1 is 0.969 bits per heavy atom. The molecule has 0 atom stereocenters. The Kier molecular flexibility index (Phi) is 6.22. The zero-order valence-corrected chi connectivity index (χ0v) is 20.3. The maximum Gasteiger partial charge on any atom is 0.255 e. The Morgan fingerprint density at radius 3 is 2.28 bits per heavy atom. The van der Waals surface area contributed by atoms with Gasteiger partial charge in [0.05, 0.1) is 5.69 Å². The zero-order chi connectivity index (χ0) is 22.8. The molecule has 7 nitrogen and oxygen atoms in total. The number of amides is 1. The summed E-state index contributed by atoms with van der Waals surface area (Å²) >= 11 is 2.21. The second-order valence-corrected chi connectivity index (χ2v) is 8.65. The summed E-state index contributed by atoms with van der Waals surface area (Å²) in [6.07, 6.45) is 0. The molecule has 0 aliphatic carbocycles. The molecule has 0 fully saturated rings. The Balaban J connectivity index is 1.50. The molecule has 0 aliphatic heterocycles. The molecule has 2 heterocycles. The monoisotopic (exact) mass is 539 g/mol. The zero-order valence-electron chi connectivity index (χ0n) is 18.2. The first kappa shape index (κ1) is 21.9. The summed E-state index contributed by atoms with van der Waals surface area (Å²) < 4.78 is 8.83. The maximum atomic E-state index is 12.4. The van der Waals surface area contributed by atoms with Gasteiger partial charge >= 0.3 is 0 Å². The molecule has 0 bridgehead atoms. The number of aryl methyl sites for hydroxylation is 2. The van der Waals surface area contributed by atoms with Gasteiger partial charge in [0, 0.05) is 26.6 Å². The number of halogens is 1. The van der Waals surface area contributed by atoms with E-state index in [1.807, 2.05) is 39.8 Å². The predicted octanol–water partition coefficient (Wildman–Crippen LogP) is 5.55. The van der Waals surface area contributed by atoms with Crippen molar-refractivity contribution in [3.8, 4) is 17.4 Å². The van der Waals surface area contributed by atoms with Gasteiger partial charge < -0.3 is 10.1 Å². The fourth-order valence-corrected chi connectivity index (χ4v) is 3.52. The molecule has 162 valence electrons. The number of nitrogens with zero attached hydrogens (tertiary/aromatic N) is 4. The highest BCUT2D eigenvalue weighted by molar-refractivity contribution is 14.1. The van der Waals surface area contributed by atoms with Gasteiger partial charge in [-0.15, -0.1) is 0 Å². The van der Waals surface area contributed by atoms with Gasteiger partial charge in [-0.05, 0) is 104 Å². The lowest BCUT2D eigenvalue weighted by Crippen LogP contribution is -2.11. The summed E-state index contributed by atoms with van der Waals surface area (Å²) in [5, 5.41) is 7.46. The first-order valence-corrected chi connectivity index (χ1v) is 11.1. The SMILES string of the molecule is Cc1nc(Oc2ccc(NC(=O)c3ccc(I)cc3)cc2)cc(-n2nc(C)c(C)c2C)n1. The maximum absolute atomic E-state index is 12.4. The average Bonchev–Trinajstić information content (AvgIpc) is 3.02. The molecule has 0 unspecified atom stereocenters. The quantitative estimate of drug-likeness (QED) is 0.337. The van der Waals surface area contributed by atoms with Crippen LogP contribution in [0.4, 0.5) is 5.69 Å². The minimum absolute atomic E-state index is 0.161. The van der Waals surface area contributed by atoms with Crippen LogP contribution < -0.4 is 10.1 Å². The minimum Gasteiger partial charge on any atom is -0.439 e. The smallest absolute Gasteiger partial charge is 0.255 e. The number of hydrogen-bond acceptors (Lipinski definition) is 5. The van der Waals surface area contributed by atoms with Crippen LogP contribution in [0.1, 0.15) is 33.1 Å². The normalized spacial score (nSPS) is 10.8. The van der Waals surface area contributed by atoms with Crippen molar-refractivity contribution in [3.63, 3.8) is 0 Å². The number of rotatable bonds is 5. The first-order valence-electron chi connectivity index (χ1n) is 10.0. The summed E-state index contributed by atoms with van der Waals surface area (Å²) in [6, 6.07) is 16.3. The summed E-state index contributed by atoms with van der Waals surface area (Å²) in [6.45, 7) is 7.84. The molecule has 0 aliphatic rings. The summed E-state index contributed by atoms with van der Waals surface area (Å²) in [4.78, 5) is 21.3. The third kappa shape index (κ3) is 4.80. The number of anilines is 1. The number of aromatic nitrogens is 4. The molecule has 4 rings (SSSR count). The third-order valence-electron chi connectivity index (χ3n) is 5.11. The fourth-order valence-electron chi connectivity index (χ4n) is 3.16. The molecule has 4 aromatic rings. The molecule has 8 heteroatoms. The number of hydrogen-bond donors (Lipinski definition) is 1. The van der Waals surface area contributed by atoms with Crippen molar-refractivity contribution in [2.24, 2.45) is 0 Å². The molecule has 1 N–H and O–H groups in total. The lowest BCUT2D eigenvalue weighted by Gasteiger charge is -2.10. The van der Waals surface area contributed by atoms with Crippen LogP contribution in [0.2, 0.25) is 0 Å². The van der Waals surface area contributed by atoms with E-state index in [1.54, 1.807) is 47.1 Å². The van der Waals surface area contributed by atoms with Gasteiger partial charge in [0.1, 0.15) is 11.6 Å².